The van der Waals surface area contributed by atoms with Gasteiger partial charge in [0.15, 0.2) is 0 Å². The summed E-state index contributed by atoms with van der Waals surface area (Å²) in [5.41, 5.74) is 5.71. The lowest BCUT2D eigenvalue weighted by atomic mass is 9.77. The molecule has 0 spiro atoms. The Labute approximate surface area is 123 Å². The highest BCUT2D eigenvalue weighted by atomic mass is 15.2. The lowest BCUT2D eigenvalue weighted by Gasteiger charge is -2.30. The molecule has 0 aromatic rings. The van der Waals surface area contributed by atoms with E-state index in [0.29, 0.717) is 10.8 Å². The maximum Gasteiger partial charge on any atom is 0.0635 e. The molecule has 0 N–H and O–H groups in total. The smallest absolute Gasteiger partial charge is 0.0635 e. The normalized spacial score (nSPS) is 29.3. The molecule has 0 aliphatic heterocycles. The summed E-state index contributed by atoms with van der Waals surface area (Å²) in [4.78, 5) is 0. The highest BCUT2D eigenvalue weighted by Crippen LogP contribution is 2.35. The Morgan fingerprint density at radius 1 is 0.700 bits per heavy atom. The number of allylic oxidation sites excluding steroid dienone is 4. The average Bonchev–Trinajstić information content (AvgIpc) is 2.20. The van der Waals surface area contributed by atoms with Gasteiger partial charge in [0.05, 0.1) is 11.4 Å². The summed E-state index contributed by atoms with van der Waals surface area (Å²) < 4.78 is 0. The largest absolute Gasteiger partial charge is 0.155 e. The van der Waals surface area contributed by atoms with Gasteiger partial charge in [0, 0.05) is 0 Å². The second-order valence-corrected chi connectivity index (χ2v) is 8.20. The third-order valence-corrected chi connectivity index (χ3v) is 3.97. The molecule has 0 saturated heterocycles. The highest BCUT2D eigenvalue weighted by molar-refractivity contribution is 6.00. The molecule has 2 nitrogen and oxygen atoms in total. The van der Waals surface area contributed by atoms with Crippen LogP contribution in [0.5, 0.6) is 0 Å². The maximum atomic E-state index is 4.54. The fourth-order valence-electron chi connectivity index (χ4n) is 3.65. The predicted molar refractivity (Wildman–Crippen MR) is 88.4 cm³/mol. The molecule has 2 heteroatoms. The highest BCUT2D eigenvalue weighted by Gasteiger charge is 2.26. The molecule has 0 unspecified atom stereocenters. The van der Waals surface area contributed by atoms with E-state index >= 15 is 0 Å². The van der Waals surface area contributed by atoms with Crippen molar-refractivity contribution in [2.24, 2.45) is 21.0 Å². The second-order valence-electron chi connectivity index (χ2n) is 8.20. The van der Waals surface area contributed by atoms with Gasteiger partial charge in [0.25, 0.3) is 0 Å². The lowest BCUT2D eigenvalue weighted by molar-refractivity contribution is 0.371. The molecule has 20 heavy (non-hydrogen) atoms. The third-order valence-electron chi connectivity index (χ3n) is 3.97. The Balaban J connectivity index is 2.22. The van der Waals surface area contributed by atoms with Gasteiger partial charge in [0.1, 0.15) is 0 Å². The van der Waals surface area contributed by atoms with Gasteiger partial charge in [-0.3, -0.25) is 0 Å². The summed E-state index contributed by atoms with van der Waals surface area (Å²) in [5, 5.41) is 9.07. The Morgan fingerprint density at radius 2 is 1.05 bits per heavy atom. The van der Waals surface area contributed by atoms with Crippen LogP contribution < -0.4 is 0 Å². The average molecular weight is 272 g/mol. The molecule has 2 aliphatic carbocycles. The van der Waals surface area contributed by atoms with Gasteiger partial charge in [0.2, 0.25) is 0 Å². The second kappa shape index (κ2) is 5.31. The summed E-state index contributed by atoms with van der Waals surface area (Å²) in [6.07, 6.45) is 8.78. The lowest BCUT2D eigenvalue weighted by Crippen LogP contribution is -2.22. The van der Waals surface area contributed by atoms with E-state index in [1.165, 1.54) is 11.1 Å². The quantitative estimate of drug-likeness (QED) is 0.577. The van der Waals surface area contributed by atoms with Crippen molar-refractivity contribution in [2.75, 3.05) is 0 Å². The van der Waals surface area contributed by atoms with Crippen LogP contribution in [-0.4, -0.2) is 11.4 Å². The molecular formula is C18H28N2. The first-order valence-electron chi connectivity index (χ1n) is 7.63. The topological polar surface area (TPSA) is 24.7 Å². The fraction of sp³-hybridized carbons (Fsp3) is 0.667. The first-order valence-corrected chi connectivity index (χ1v) is 7.63. The summed E-state index contributed by atoms with van der Waals surface area (Å²) in [6.45, 7) is 13.6. The number of rotatable bonds is 1. The van der Waals surface area contributed by atoms with Crippen LogP contribution in [0.1, 0.15) is 67.2 Å². The molecule has 2 rings (SSSR count). The predicted octanol–water partition coefficient (Wildman–Crippen LogP) is 5.32. The van der Waals surface area contributed by atoms with Crippen molar-refractivity contribution in [3.05, 3.63) is 23.3 Å². The standard InChI is InChI=1S/C18H28N2/c1-13-7-15(11-17(3,4)9-13)19-20-16-8-14(2)10-18(5,6)12-16/h7-8H,9-12H2,1-6H3/b19-15+,20-16?. The minimum absolute atomic E-state index is 0.315. The van der Waals surface area contributed by atoms with Crippen molar-refractivity contribution in [3.63, 3.8) is 0 Å². The molecular weight excluding hydrogens is 244 g/mol. The van der Waals surface area contributed by atoms with E-state index in [-0.39, 0.29) is 0 Å². The van der Waals surface area contributed by atoms with Crippen molar-refractivity contribution < 1.29 is 0 Å². The van der Waals surface area contributed by atoms with Gasteiger partial charge < -0.3 is 0 Å². The summed E-state index contributed by atoms with van der Waals surface area (Å²) in [5.74, 6) is 0. The van der Waals surface area contributed by atoms with Crippen molar-refractivity contribution in [2.45, 2.75) is 67.2 Å². The molecule has 110 valence electrons. The molecule has 0 aromatic heterocycles. The summed E-state index contributed by atoms with van der Waals surface area (Å²) in [7, 11) is 0. The monoisotopic (exact) mass is 272 g/mol. The third kappa shape index (κ3) is 4.16. The van der Waals surface area contributed by atoms with Crippen LogP contribution in [0.25, 0.3) is 0 Å². The van der Waals surface area contributed by atoms with E-state index in [0.717, 1.165) is 37.1 Å². The van der Waals surface area contributed by atoms with Crippen LogP contribution in [-0.2, 0) is 0 Å². The van der Waals surface area contributed by atoms with Gasteiger partial charge >= 0.3 is 0 Å². The molecule has 0 heterocycles. The van der Waals surface area contributed by atoms with Crippen molar-refractivity contribution in [1.29, 1.82) is 0 Å². The fourth-order valence-corrected chi connectivity index (χ4v) is 3.65. The van der Waals surface area contributed by atoms with E-state index in [2.05, 4.69) is 63.9 Å². The first-order chi connectivity index (χ1) is 9.15. The molecule has 0 atom stereocenters. The molecule has 0 bridgehead atoms. The van der Waals surface area contributed by atoms with Gasteiger partial charge in [-0.2, -0.15) is 10.2 Å². The van der Waals surface area contributed by atoms with Crippen LogP contribution in [0.4, 0.5) is 0 Å². The number of nitrogens with zero attached hydrogens (tertiary/aromatic N) is 2. The van der Waals surface area contributed by atoms with Crippen LogP contribution in [0, 0.1) is 10.8 Å². The zero-order valence-corrected chi connectivity index (χ0v) is 13.9. The SMILES string of the molecule is CC1=CC(=N/N=C2\C=C(C)CC(C)(C)C2)CC(C)(C)C1. The van der Waals surface area contributed by atoms with Gasteiger partial charge in [-0.25, -0.2) is 0 Å². The maximum absolute atomic E-state index is 4.54. The Hall–Kier alpha value is -1.18. The van der Waals surface area contributed by atoms with Crippen LogP contribution in [0.2, 0.25) is 0 Å². The molecule has 0 radical (unpaired) electrons. The Morgan fingerprint density at radius 3 is 1.35 bits per heavy atom. The zero-order valence-electron chi connectivity index (χ0n) is 13.9. The van der Waals surface area contributed by atoms with E-state index < -0.39 is 0 Å². The van der Waals surface area contributed by atoms with Crippen LogP contribution in [0.15, 0.2) is 33.5 Å². The minimum Gasteiger partial charge on any atom is -0.155 e. The molecule has 2 aliphatic rings. The number of hydrogen-bond acceptors (Lipinski definition) is 2. The molecule has 0 saturated carbocycles. The minimum atomic E-state index is 0.315. The Bertz CT molecular complexity index is 466. The van der Waals surface area contributed by atoms with Crippen molar-refractivity contribution >= 4 is 11.4 Å². The van der Waals surface area contributed by atoms with E-state index in [1.54, 1.807) is 0 Å². The van der Waals surface area contributed by atoms with E-state index in [4.69, 9.17) is 0 Å². The number of hydrogen-bond donors (Lipinski definition) is 0. The van der Waals surface area contributed by atoms with Gasteiger partial charge in [-0.15, -0.1) is 0 Å². The first kappa shape index (κ1) is 15.2. The van der Waals surface area contributed by atoms with Gasteiger partial charge in [-0.05, 0) is 62.5 Å². The molecule has 0 fully saturated rings. The van der Waals surface area contributed by atoms with E-state index in [9.17, 15) is 0 Å². The molecule has 0 amide bonds. The Kier molecular flexibility index (Phi) is 4.04. The van der Waals surface area contributed by atoms with Crippen molar-refractivity contribution in [1.82, 2.24) is 0 Å². The zero-order chi connectivity index (χ0) is 15.0. The summed E-state index contributed by atoms with van der Waals surface area (Å²) in [6, 6.07) is 0. The van der Waals surface area contributed by atoms with Gasteiger partial charge in [-0.1, -0.05) is 38.8 Å². The van der Waals surface area contributed by atoms with E-state index in [1.807, 2.05) is 0 Å². The van der Waals surface area contributed by atoms with Crippen molar-refractivity contribution in [3.8, 4) is 0 Å². The van der Waals surface area contributed by atoms with Crippen LogP contribution in [0.3, 0.4) is 0 Å². The summed E-state index contributed by atoms with van der Waals surface area (Å²) >= 11 is 0. The molecule has 0 aromatic carbocycles. The van der Waals surface area contributed by atoms with Crippen LogP contribution >= 0.6 is 0 Å².